The van der Waals surface area contributed by atoms with Crippen LogP contribution >= 0.6 is 15.9 Å². The molecule has 1 aliphatic rings. The molecule has 0 radical (unpaired) electrons. The number of aromatic nitrogens is 1. The topological polar surface area (TPSA) is 42.4 Å². The molecule has 1 unspecified atom stereocenters. The molecular weight excluding hydrogens is 368 g/mol. The summed E-state index contributed by atoms with van der Waals surface area (Å²) in [5, 5.41) is 0. The molecule has 0 bridgehead atoms. The van der Waals surface area contributed by atoms with Crippen LogP contribution in [0.5, 0.6) is 5.75 Å². The van der Waals surface area contributed by atoms with Crippen molar-refractivity contribution in [1.82, 2.24) is 9.88 Å². The van der Waals surface area contributed by atoms with Crippen LogP contribution in [-0.2, 0) is 6.54 Å². The first-order valence-corrected chi connectivity index (χ1v) is 8.92. The molecule has 5 heteroatoms. The number of rotatable bonds is 6. The first-order chi connectivity index (χ1) is 11.6. The molecule has 1 aliphatic carbocycles. The van der Waals surface area contributed by atoms with Gasteiger partial charge in [-0.3, -0.25) is 9.78 Å². The van der Waals surface area contributed by atoms with Crippen molar-refractivity contribution in [3.8, 4) is 5.75 Å². The van der Waals surface area contributed by atoms with Crippen LogP contribution in [0.2, 0.25) is 0 Å². The van der Waals surface area contributed by atoms with Gasteiger partial charge in [0, 0.05) is 29.5 Å². The highest BCUT2D eigenvalue weighted by Crippen LogP contribution is 2.36. The first-order valence-electron chi connectivity index (χ1n) is 8.13. The molecule has 2 aromatic rings. The Labute approximate surface area is 151 Å². The van der Waals surface area contributed by atoms with Gasteiger partial charge in [-0.25, -0.2) is 0 Å². The molecule has 3 rings (SSSR count). The van der Waals surface area contributed by atoms with Crippen LogP contribution in [0, 0.1) is 5.92 Å². The first kappa shape index (κ1) is 17.0. The number of halogens is 1. The lowest BCUT2D eigenvalue weighted by atomic mass is 10.1. The lowest BCUT2D eigenvalue weighted by molar-refractivity contribution is 0.0653. The van der Waals surface area contributed by atoms with E-state index in [-0.39, 0.29) is 11.9 Å². The average molecular weight is 389 g/mol. The molecule has 0 aliphatic heterocycles. The highest BCUT2D eigenvalue weighted by atomic mass is 79.9. The van der Waals surface area contributed by atoms with Crippen molar-refractivity contribution in [3.05, 3.63) is 58.3 Å². The average Bonchev–Trinajstić information content (AvgIpc) is 3.44. The third-order valence-electron chi connectivity index (χ3n) is 4.52. The minimum Gasteiger partial charge on any atom is -0.497 e. The molecule has 1 aromatic heterocycles. The van der Waals surface area contributed by atoms with E-state index in [2.05, 4.69) is 27.8 Å². The maximum Gasteiger partial charge on any atom is 0.256 e. The zero-order chi connectivity index (χ0) is 17.1. The summed E-state index contributed by atoms with van der Waals surface area (Å²) in [5.41, 5.74) is 1.71. The van der Waals surface area contributed by atoms with Crippen molar-refractivity contribution in [1.29, 1.82) is 0 Å². The largest absolute Gasteiger partial charge is 0.497 e. The summed E-state index contributed by atoms with van der Waals surface area (Å²) < 4.78 is 6.02. The van der Waals surface area contributed by atoms with Crippen LogP contribution < -0.4 is 4.74 Å². The van der Waals surface area contributed by atoms with E-state index in [9.17, 15) is 4.79 Å². The standard InChI is InChI=1S/C19H21BrN2O2/c1-13(15-5-6-15)22(12-14-3-7-18(24-2)8-4-14)19(23)16-9-17(20)11-21-10-16/h3-4,7-11,13,15H,5-6,12H2,1-2H3. The summed E-state index contributed by atoms with van der Waals surface area (Å²) in [6, 6.07) is 9.94. The van der Waals surface area contributed by atoms with E-state index < -0.39 is 0 Å². The zero-order valence-corrected chi connectivity index (χ0v) is 15.5. The van der Waals surface area contributed by atoms with Gasteiger partial charge in [0.2, 0.25) is 0 Å². The van der Waals surface area contributed by atoms with Crippen molar-refractivity contribution in [2.75, 3.05) is 7.11 Å². The molecule has 0 saturated heterocycles. The van der Waals surface area contributed by atoms with Gasteiger partial charge in [0.15, 0.2) is 0 Å². The van der Waals surface area contributed by atoms with Crippen LogP contribution in [0.3, 0.4) is 0 Å². The number of carbonyl (C=O) groups excluding carboxylic acids is 1. The monoisotopic (exact) mass is 388 g/mol. The van der Waals surface area contributed by atoms with Gasteiger partial charge in [0.25, 0.3) is 5.91 Å². The minimum absolute atomic E-state index is 0.0269. The smallest absolute Gasteiger partial charge is 0.256 e. The summed E-state index contributed by atoms with van der Waals surface area (Å²) in [5.74, 6) is 1.45. The fourth-order valence-corrected chi connectivity index (χ4v) is 3.22. The molecule has 1 atom stereocenters. The van der Waals surface area contributed by atoms with E-state index >= 15 is 0 Å². The quantitative estimate of drug-likeness (QED) is 0.740. The molecule has 24 heavy (non-hydrogen) atoms. The number of methoxy groups -OCH3 is 1. The van der Waals surface area contributed by atoms with Crippen LogP contribution in [0.4, 0.5) is 0 Å². The zero-order valence-electron chi connectivity index (χ0n) is 13.9. The number of hydrogen-bond donors (Lipinski definition) is 0. The fraction of sp³-hybridized carbons (Fsp3) is 0.368. The van der Waals surface area contributed by atoms with Gasteiger partial charge < -0.3 is 9.64 Å². The Morgan fingerprint density at radius 2 is 2.04 bits per heavy atom. The second-order valence-electron chi connectivity index (χ2n) is 6.25. The van der Waals surface area contributed by atoms with Gasteiger partial charge in [0.05, 0.1) is 12.7 Å². The second-order valence-corrected chi connectivity index (χ2v) is 7.17. The predicted octanol–water partition coefficient (Wildman–Crippen LogP) is 4.29. The van der Waals surface area contributed by atoms with Gasteiger partial charge in [0.1, 0.15) is 5.75 Å². The van der Waals surface area contributed by atoms with Crippen molar-refractivity contribution in [3.63, 3.8) is 0 Å². The molecular formula is C19H21BrN2O2. The van der Waals surface area contributed by atoms with E-state index in [1.165, 1.54) is 12.8 Å². The SMILES string of the molecule is COc1ccc(CN(C(=O)c2cncc(Br)c2)C(C)C2CC2)cc1. The predicted molar refractivity (Wildman–Crippen MR) is 97.0 cm³/mol. The number of carbonyl (C=O) groups is 1. The number of benzene rings is 1. The van der Waals surface area contributed by atoms with Crippen LogP contribution in [-0.4, -0.2) is 28.9 Å². The van der Waals surface area contributed by atoms with Crippen LogP contribution in [0.15, 0.2) is 47.2 Å². The highest BCUT2D eigenvalue weighted by molar-refractivity contribution is 9.10. The summed E-state index contributed by atoms with van der Waals surface area (Å²) in [4.78, 5) is 19.1. The van der Waals surface area contributed by atoms with Gasteiger partial charge in [-0.15, -0.1) is 0 Å². The van der Waals surface area contributed by atoms with Gasteiger partial charge in [-0.1, -0.05) is 12.1 Å². The maximum absolute atomic E-state index is 13.0. The molecule has 126 valence electrons. The van der Waals surface area contributed by atoms with Gasteiger partial charge in [-0.05, 0) is 65.4 Å². The van der Waals surface area contributed by atoms with E-state index in [4.69, 9.17) is 4.74 Å². The third kappa shape index (κ3) is 3.96. The molecule has 1 amide bonds. The Balaban J connectivity index is 1.83. The number of hydrogen-bond acceptors (Lipinski definition) is 3. The van der Waals surface area contributed by atoms with Crippen molar-refractivity contribution in [2.24, 2.45) is 5.92 Å². The molecule has 0 N–H and O–H groups in total. The number of nitrogens with zero attached hydrogens (tertiary/aromatic N) is 2. The lowest BCUT2D eigenvalue weighted by Crippen LogP contribution is -2.39. The van der Waals surface area contributed by atoms with E-state index in [1.54, 1.807) is 19.5 Å². The molecule has 1 heterocycles. The molecule has 1 aromatic carbocycles. The van der Waals surface area contributed by atoms with Gasteiger partial charge >= 0.3 is 0 Å². The third-order valence-corrected chi connectivity index (χ3v) is 4.95. The number of pyridine rings is 1. The van der Waals surface area contributed by atoms with Crippen LogP contribution in [0.25, 0.3) is 0 Å². The highest BCUT2D eigenvalue weighted by Gasteiger charge is 2.34. The van der Waals surface area contributed by atoms with E-state index in [0.29, 0.717) is 18.0 Å². The minimum atomic E-state index is 0.0269. The number of ether oxygens (including phenoxy) is 1. The summed E-state index contributed by atoms with van der Waals surface area (Å²) >= 11 is 3.39. The summed E-state index contributed by atoms with van der Waals surface area (Å²) in [6.45, 7) is 2.73. The Bertz CT molecular complexity index is 714. The molecule has 4 nitrogen and oxygen atoms in total. The van der Waals surface area contributed by atoms with E-state index in [0.717, 1.165) is 15.8 Å². The maximum atomic E-state index is 13.0. The van der Waals surface area contributed by atoms with Gasteiger partial charge in [-0.2, -0.15) is 0 Å². The molecule has 0 spiro atoms. The van der Waals surface area contributed by atoms with Crippen LogP contribution in [0.1, 0.15) is 35.7 Å². The summed E-state index contributed by atoms with van der Waals surface area (Å²) in [6.07, 6.45) is 5.72. The van der Waals surface area contributed by atoms with Crippen molar-refractivity contribution < 1.29 is 9.53 Å². The van der Waals surface area contributed by atoms with Crippen molar-refractivity contribution >= 4 is 21.8 Å². The molecule has 1 fully saturated rings. The van der Waals surface area contributed by atoms with E-state index in [1.807, 2.05) is 35.2 Å². The number of amides is 1. The molecule has 1 saturated carbocycles. The fourth-order valence-electron chi connectivity index (χ4n) is 2.86. The normalized spacial score (nSPS) is 15.0. The Morgan fingerprint density at radius 3 is 2.62 bits per heavy atom. The Hall–Kier alpha value is -1.88. The Morgan fingerprint density at radius 1 is 1.33 bits per heavy atom. The Kier molecular flexibility index (Phi) is 5.19. The summed E-state index contributed by atoms with van der Waals surface area (Å²) in [7, 11) is 1.65. The van der Waals surface area contributed by atoms with Crippen molar-refractivity contribution in [2.45, 2.75) is 32.4 Å². The lowest BCUT2D eigenvalue weighted by Gasteiger charge is -2.30. The second kappa shape index (κ2) is 7.34.